The van der Waals surface area contributed by atoms with E-state index in [9.17, 15) is 5.11 Å². The lowest BCUT2D eigenvalue weighted by Crippen LogP contribution is -2.17. The second-order valence-electron chi connectivity index (χ2n) is 21.6. The molecule has 9 aromatic rings. The number of hydrogen-bond donors (Lipinski definition) is 1. The summed E-state index contributed by atoms with van der Waals surface area (Å²) in [6.45, 7) is 20.9. The number of hydrogen-bond acceptors (Lipinski definition) is 3. The van der Waals surface area contributed by atoms with Crippen molar-refractivity contribution < 1.29 is 10.6 Å². The summed E-state index contributed by atoms with van der Waals surface area (Å²) < 4.78 is 37.3. The van der Waals surface area contributed by atoms with E-state index in [4.69, 9.17) is 15.5 Å². The van der Waals surface area contributed by atoms with Crippen LogP contribution in [0.1, 0.15) is 115 Å². The molecule has 0 aliphatic rings. The largest absolute Gasteiger partial charge is 0.507 e. The van der Waals surface area contributed by atoms with Crippen LogP contribution < -0.4 is 0 Å². The van der Waals surface area contributed by atoms with E-state index in [1.807, 2.05) is 111 Å². The first-order valence-corrected chi connectivity index (χ1v) is 23.7. The second kappa shape index (κ2) is 17.6. The van der Waals surface area contributed by atoms with Crippen LogP contribution in [0.3, 0.4) is 0 Å². The van der Waals surface area contributed by atoms with E-state index in [1.165, 1.54) is 0 Å². The number of benzene rings is 7. The SMILES string of the molecule is [2H]C([2H])([2H])c1cc(-c2ccccc2)c(-n2c(-c3cc(C(C)(C)C)cc(C(C)(C)C)c3O)nc3c(-c4cc(-c5cc(-c6ccc(C([2H])(C)C)cc6)ccn5)cc(C(C)(C)C)c4)cccc32)cc1-c1ccccc1. The van der Waals surface area contributed by atoms with E-state index in [0.717, 1.165) is 89.2 Å². The second-order valence-corrected chi connectivity index (χ2v) is 21.6. The van der Waals surface area contributed by atoms with E-state index in [0.29, 0.717) is 17.0 Å². The highest BCUT2D eigenvalue weighted by molar-refractivity contribution is 5.98. The molecule has 0 unspecified atom stereocenters. The third kappa shape index (κ3) is 8.93. The van der Waals surface area contributed by atoms with Crippen molar-refractivity contribution in [3.63, 3.8) is 0 Å². The van der Waals surface area contributed by atoms with Crippen molar-refractivity contribution in [3.05, 3.63) is 192 Å². The average Bonchev–Trinajstić information content (AvgIpc) is 3.72. The lowest BCUT2D eigenvalue weighted by Gasteiger charge is -2.28. The number of aromatic nitrogens is 3. The minimum absolute atomic E-state index is 0.151. The van der Waals surface area contributed by atoms with Crippen LogP contribution in [0.15, 0.2) is 164 Å². The van der Waals surface area contributed by atoms with Crippen molar-refractivity contribution in [2.24, 2.45) is 0 Å². The molecule has 0 bridgehead atoms. The van der Waals surface area contributed by atoms with E-state index < -0.39 is 18.2 Å². The first kappa shape index (κ1) is 41.2. The summed E-state index contributed by atoms with van der Waals surface area (Å²) >= 11 is 0. The van der Waals surface area contributed by atoms with Crippen LogP contribution in [-0.2, 0) is 16.2 Å². The van der Waals surface area contributed by atoms with Gasteiger partial charge in [0.05, 0.1) is 28.0 Å². The Labute approximate surface area is 410 Å². The van der Waals surface area contributed by atoms with Gasteiger partial charge in [0.15, 0.2) is 0 Å². The van der Waals surface area contributed by atoms with Gasteiger partial charge < -0.3 is 5.11 Å². The number of fused-ring (bicyclic) bond motifs is 1. The third-order valence-corrected chi connectivity index (χ3v) is 13.2. The number of rotatable bonds is 8. The number of phenols is 1. The molecule has 0 atom stereocenters. The maximum Gasteiger partial charge on any atom is 0.149 e. The normalized spacial score (nSPS) is 13.5. The van der Waals surface area contributed by atoms with Gasteiger partial charge in [-0.3, -0.25) is 9.55 Å². The molecule has 0 aliphatic carbocycles. The van der Waals surface area contributed by atoms with Crippen molar-refractivity contribution in [1.29, 1.82) is 0 Å². The van der Waals surface area contributed by atoms with E-state index in [2.05, 4.69) is 134 Å². The molecule has 7 aromatic carbocycles. The van der Waals surface area contributed by atoms with Gasteiger partial charge in [0.25, 0.3) is 0 Å². The molecule has 0 saturated carbocycles. The van der Waals surface area contributed by atoms with Crippen molar-refractivity contribution in [3.8, 4) is 78.6 Å². The number of aryl methyl sites for hydroxylation is 1. The number of aromatic hydroxyl groups is 1. The molecule has 0 spiro atoms. The molecule has 0 fully saturated rings. The molecule has 0 saturated heterocycles. The van der Waals surface area contributed by atoms with E-state index >= 15 is 0 Å². The summed E-state index contributed by atoms with van der Waals surface area (Å²) in [5.74, 6) is -0.0131. The molecular formula is C64H65N3O. The van der Waals surface area contributed by atoms with Gasteiger partial charge in [-0.05, 0) is 133 Å². The van der Waals surface area contributed by atoms with Gasteiger partial charge in [-0.2, -0.15) is 0 Å². The molecule has 9 rings (SSSR count). The van der Waals surface area contributed by atoms with Gasteiger partial charge in [0, 0.05) is 33.9 Å². The van der Waals surface area contributed by atoms with E-state index in [-0.39, 0.29) is 22.1 Å². The first-order chi connectivity index (χ1) is 33.8. The molecule has 1 N–H and O–H groups in total. The van der Waals surface area contributed by atoms with Crippen molar-refractivity contribution >= 4 is 11.0 Å². The van der Waals surface area contributed by atoms with Gasteiger partial charge in [-0.15, -0.1) is 0 Å². The van der Waals surface area contributed by atoms with Gasteiger partial charge in [0.1, 0.15) is 11.6 Å². The molecule has 342 valence electrons. The summed E-state index contributed by atoms with van der Waals surface area (Å²) in [7, 11) is 0. The zero-order valence-electron chi connectivity index (χ0n) is 45.4. The molecule has 4 nitrogen and oxygen atoms in total. The molecule has 2 aromatic heterocycles. The minimum Gasteiger partial charge on any atom is -0.507 e. The van der Waals surface area contributed by atoms with Crippen LogP contribution in [0.5, 0.6) is 5.75 Å². The summed E-state index contributed by atoms with van der Waals surface area (Å²) in [5, 5.41) is 12.7. The van der Waals surface area contributed by atoms with E-state index in [1.54, 1.807) is 0 Å². The van der Waals surface area contributed by atoms with Crippen molar-refractivity contribution in [2.75, 3.05) is 0 Å². The lowest BCUT2D eigenvalue weighted by molar-refractivity contribution is 0.446. The lowest BCUT2D eigenvalue weighted by atomic mass is 9.79. The standard InChI is InChI=1S/C64H65N3O/c1-40(2)42-26-28-43(29-27-42)46-30-31-65-56(36-46)48-33-47(34-49(35-48)62(4,5)6)51-24-19-25-57-59(51)66-61(54-37-50(63(7,8)9)38-55(60(54)68)64(10,11)12)67(57)58-39-52(44-20-15-13-16-21-44)41(3)32-53(58)45-22-17-14-18-23-45/h13-40,68H,1-12H3/i3D3,40D. The fourth-order valence-corrected chi connectivity index (χ4v) is 9.17. The topological polar surface area (TPSA) is 50.9 Å². The molecule has 0 aliphatic heterocycles. The summed E-state index contributed by atoms with van der Waals surface area (Å²) in [6, 6.07) is 53.0. The highest BCUT2D eigenvalue weighted by Gasteiger charge is 2.30. The Bertz CT molecular complexity index is 3470. The minimum atomic E-state index is -2.44. The summed E-state index contributed by atoms with van der Waals surface area (Å²) in [4.78, 5) is 10.6. The zero-order chi connectivity index (χ0) is 51.7. The van der Waals surface area contributed by atoms with Gasteiger partial charge in [-0.25, -0.2) is 4.98 Å². The Hall–Kier alpha value is -7.04. The maximum atomic E-state index is 12.7. The quantitative estimate of drug-likeness (QED) is 0.165. The Morgan fingerprint density at radius 2 is 1.16 bits per heavy atom. The zero-order valence-corrected chi connectivity index (χ0v) is 41.4. The highest BCUT2D eigenvalue weighted by Crippen LogP contribution is 2.47. The number of para-hydroxylation sites is 1. The van der Waals surface area contributed by atoms with Crippen molar-refractivity contribution in [2.45, 2.75) is 105 Å². The monoisotopic (exact) mass is 896 g/mol. The van der Waals surface area contributed by atoms with Gasteiger partial charge >= 0.3 is 0 Å². The van der Waals surface area contributed by atoms with Crippen LogP contribution in [0, 0.1) is 6.85 Å². The molecule has 2 heterocycles. The van der Waals surface area contributed by atoms with Gasteiger partial charge in [0.2, 0.25) is 0 Å². The Morgan fingerprint density at radius 1 is 0.529 bits per heavy atom. The first-order valence-electron chi connectivity index (χ1n) is 25.7. The van der Waals surface area contributed by atoms with Crippen LogP contribution in [0.2, 0.25) is 0 Å². The molecule has 4 heteroatoms. The smallest absolute Gasteiger partial charge is 0.149 e. The summed E-state index contributed by atoms with van der Waals surface area (Å²) in [5.41, 5.74) is 14.7. The fraction of sp³-hybridized carbons (Fsp3) is 0.250. The number of phenolic OH excluding ortho intramolecular Hbond substituents is 1. The Morgan fingerprint density at radius 3 is 1.78 bits per heavy atom. The number of nitrogens with zero attached hydrogens (tertiary/aromatic N) is 3. The third-order valence-electron chi connectivity index (χ3n) is 13.2. The maximum absolute atomic E-state index is 12.7. The van der Waals surface area contributed by atoms with Crippen molar-refractivity contribution in [1.82, 2.24) is 14.5 Å². The predicted molar refractivity (Wildman–Crippen MR) is 288 cm³/mol. The number of pyridine rings is 1. The Kier molecular flexibility index (Phi) is 10.6. The van der Waals surface area contributed by atoms with Gasteiger partial charge in [-0.1, -0.05) is 185 Å². The highest BCUT2D eigenvalue weighted by atomic mass is 16.3. The predicted octanol–water partition coefficient (Wildman–Crippen LogP) is 17.5. The molecule has 68 heavy (non-hydrogen) atoms. The molecule has 0 amide bonds. The summed E-state index contributed by atoms with van der Waals surface area (Å²) in [6.07, 6.45) is 1.86. The fourth-order valence-electron chi connectivity index (χ4n) is 9.17. The van der Waals surface area contributed by atoms with Crippen LogP contribution in [0.25, 0.3) is 83.9 Å². The van der Waals surface area contributed by atoms with Crippen LogP contribution in [-0.4, -0.2) is 19.6 Å². The average molecular weight is 896 g/mol. The van der Waals surface area contributed by atoms with Crippen LogP contribution >= 0.6 is 0 Å². The Balaban J connectivity index is 1.38. The molecule has 0 radical (unpaired) electrons. The van der Waals surface area contributed by atoms with Crippen LogP contribution in [0.4, 0.5) is 0 Å². The molecular weight excluding hydrogens is 827 g/mol. The number of imidazole rings is 1.